The molecule has 0 heterocycles. The summed E-state index contributed by atoms with van der Waals surface area (Å²) in [6.07, 6.45) is 0.242. The molecule has 0 aromatic heterocycles. The highest BCUT2D eigenvalue weighted by atomic mass is 16.5. The number of rotatable bonds is 6. The summed E-state index contributed by atoms with van der Waals surface area (Å²) in [6, 6.07) is 8.07. The monoisotopic (exact) mass is 222 g/mol. The van der Waals surface area contributed by atoms with Gasteiger partial charge in [-0.25, -0.2) is 0 Å². The van der Waals surface area contributed by atoms with Crippen molar-refractivity contribution in [2.75, 3.05) is 13.7 Å². The molecular weight excluding hydrogens is 204 g/mol. The molecule has 0 fully saturated rings. The van der Waals surface area contributed by atoms with Crippen molar-refractivity contribution in [3.05, 3.63) is 29.8 Å². The molecule has 16 heavy (non-hydrogen) atoms. The second-order valence-corrected chi connectivity index (χ2v) is 3.65. The largest absolute Gasteiger partial charge is 0.493 e. The number of benzene rings is 1. The Kier molecular flexibility index (Phi) is 4.79. The third-order valence-corrected chi connectivity index (χ3v) is 2.41. The summed E-state index contributed by atoms with van der Waals surface area (Å²) in [6.45, 7) is 2.40. The first-order valence-corrected chi connectivity index (χ1v) is 5.32. The minimum absolute atomic E-state index is 0.242. The molecule has 1 atom stereocenters. The topological polar surface area (TPSA) is 64.3 Å². The molecule has 4 heteroatoms. The fourth-order valence-electron chi connectivity index (χ4n) is 1.31. The van der Waals surface area contributed by atoms with Crippen LogP contribution in [0.1, 0.15) is 24.9 Å². The number of primary amides is 1. The summed E-state index contributed by atoms with van der Waals surface area (Å²) in [7, 11) is 1.91. The van der Waals surface area contributed by atoms with Crippen molar-refractivity contribution >= 4 is 5.91 Å². The zero-order valence-electron chi connectivity index (χ0n) is 9.69. The van der Waals surface area contributed by atoms with Crippen LogP contribution >= 0.6 is 0 Å². The molecule has 88 valence electrons. The van der Waals surface area contributed by atoms with E-state index >= 15 is 0 Å². The standard InChI is InChI=1S/C12H18N2O2/c1-9(14-2)10-4-3-5-11(8-10)16-7-6-12(13)15/h3-5,8-9,14H,6-7H2,1-2H3,(H2,13,15). The normalized spacial score (nSPS) is 12.1. The molecule has 0 saturated carbocycles. The number of nitrogens with one attached hydrogen (secondary N) is 1. The number of hydrogen-bond donors (Lipinski definition) is 2. The summed E-state index contributed by atoms with van der Waals surface area (Å²) < 4.78 is 5.42. The van der Waals surface area contributed by atoms with Crippen LogP contribution in [0.2, 0.25) is 0 Å². The van der Waals surface area contributed by atoms with Gasteiger partial charge in [-0.2, -0.15) is 0 Å². The zero-order valence-corrected chi connectivity index (χ0v) is 9.69. The number of hydrogen-bond acceptors (Lipinski definition) is 3. The van der Waals surface area contributed by atoms with Gasteiger partial charge in [-0.05, 0) is 31.7 Å². The van der Waals surface area contributed by atoms with Crippen molar-refractivity contribution in [2.45, 2.75) is 19.4 Å². The molecule has 0 aliphatic rings. The Hall–Kier alpha value is -1.55. The van der Waals surface area contributed by atoms with Crippen LogP contribution in [0.4, 0.5) is 0 Å². The van der Waals surface area contributed by atoms with E-state index in [0.29, 0.717) is 6.61 Å². The first-order chi connectivity index (χ1) is 7.63. The lowest BCUT2D eigenvalue weighted by Crippen LogP contribution is -2.15. The highest BCUT2D eigenvalue weighted by molar-refractivity contribution is 5.73. The second kappa shape index (κ2) is 6.12. The van der Waals surface area contributed by atoms with E-state index < -0.39 is 0 Å². The number of nitrogens with two attached hydrogens (primary N) is 1. The average Bonchev–Trinajstić information content (AvgIpc) is 2.28. The van der Waals surface area contributed by atoms with Crippen LogP contribution in [-0.2, 0) is 4.79 Å². The highest BCUT2D eigenvalue weighted by Crippen LogP contribution is 2.18. The third kappa shape index (κ3) is 3.90. The summed E-state index contributed by atoms with van der Waals surface area (Å²) in [4.78, 5) is 10.5. The molecule has 1 aromatic carbocycles. The van der Waals surface area contributed by atoms with Gasteiger partial charge in [0, 0.05) is 6.04 Å². The molecule has 1 rings (SSSR count). The summed E-state index contributed by atoms with van der Waals surface area (Å²) in [5.74, 6) is 0.417. The number of ether oxygens (including phenoxy) is 1. The average molecular weight is 222 g/mol. The van der Waals surface area contributed by atoms with Crippen LogP contribution in [0.5, 0.6) is 5.75 Å². The quantitative estimate of drug-likeness (QED) is 0.760. The van der Waals surface area contributed by atoms with Gasteiger partial charge >= 0.3 is 0 Å². The minimum Gasteiger partial charge on any atom is -0.493 e. The van der Waals surface area contributed by atoms with Crippen molar-refractivity contribution in [3.8, 4) is 5.75 Å². The predicted molar refractivity (Wildman–Crippen MR) is 63.2 cm³/mol. The summed E-state index contributed by atoms with van der Waals surface area (Å²) in [5, 5.41) is 3.15. The van der Waals surface area contributed by atoms with Gasteiger partial charge in [-0.3, -0.25) is 4.79 Å². The first-order valence-electron chi connectivity index (χ1n) is 5.32. The molecule has 3 N–H and O–H groups in total. The van der Waals surface area contributed by atoms with E-state index in [1.165, 1.54) is 0 Å². The highest BCUT2D eigenvalue weighted by Gasteiger charge is 2.03. The van der Waals surface area contributed by atoms with E-state index in [-0.39, 0.29) is 18.4 Å². The van der Waals surface area contributed by atoms with E-state index in [1.54, 1.807) is 0 Å². The fourth-order valence-corrected chi connectivity index (χ4v) is 1.31. The molecule has 1 aromatic rings. The fraction of sp³-hybridized carbons (Fsp3) is 0.417. The van der Waals surface area contributed by atoms with Crippen LogP contribution in [0.15, 0.2) is 24.3 Å². The van der Waals surface area contributed by atoms with E-state index in [4.69, 9.17) is 10.5 Å². The first kappa shape index (κ1) is 12.5. The van der Waals surface area contributed by atoms with Crippen molar-refractivity contribution < 1.29 is 9.53 Å². The zero-order chi connectivity index (χ0) is 12.0. The number of amides is 1. The smallest absolute Gasteiger partial charge is 0.220 e. The minimum atomic E-state index is -0.347. The van der Waals surface area contributed by atoms with Gasteiger partial charge in [-0.1, -0.05) is 12.1 Å². The van der Waals surface area contributed by atoms with Crippen LogP contribution in [0.3, 0.4) is 0 Å². The molecule has 0 aliphatic carbocycles. The Morgan fingerprint density at radius 1 is 1.56 bits per heavy atom. The lowest BCUT2D eigenvalue weighted by Gasteiger charge is -2.12. The molecular formula is C12H18N2O2. The van der Waals surface area contributed by atoms with Gasteiger partial charge in [0.25, 0.3) is 0 Å². The van der Waals surface area contributed by atoms with Crippen LogP contribution in [0, 0.1) is 0 Å². The van der Waals surface area contributed by atoms with Gasteiger partial charge in [0.15, 0.2) is 0 Å². The summed E-state index contributed by atoms with van der Waals surface area (Å²) in [5.41, 5.74) is 6.18. The Morgan fingerprint density at radius 3 is 2.94 bits per heavy atom. The van der Waals surface area contributed by atoms with Crippen molar-refractivity contribution in [1.29, 1.82) is 0 Å². The SMILES string of the molecule is CNC(C)c1cccc(OCCC(N)=O)c1. The van der Waals surface area contributed by atoms with Crippen LogP contribution < -0.4 is 15.8 Å². The van der Waals surface area contributed by atoms with Gasteiger partial charge in [-0.15, -0.1) is 0 Å². The van der Waals surface area contributed by atoms with Crippen LogP contribution in [-0.4, -0.2) is 19.6 Å². The molecule has 4 nitrogen and oxygen atoms in total. The molecule has 0 saturated heterocycles. The van der Waals surface area contributed by atoms with Crippen molar-refractivity contribution in [1.82, 2.24) is 5.32 Å². The predicted octanol–water partition coefficient (Wildman–Crippen LogP) is 1.22. The Balaban J connectivity index is 2.57. The number of carbonyl (C=O) groups is 1. The molecule has 0 aliphatic heterocycles. The molecule has 1 amide bonds. The lowest BCUT2D eigenvalue weighted by atomic mass is 10.1. The van der Waals surface area contributed by atoms with Gasteiger partial charge in [0.05, 0.1) is 13.0 Å². The maximum Gasteiger partial charge on any atom is 0.220 e. The molecule has 0 spiro atoms. The van der Waals surface area contributed by atoms with E-state index in [2.05, 4.69) is 12.2 Å². The lowest BCUT2D eigenvalue weighted by molar-refractivity contribution is -0.118. The van der Waals surface area contributed by atoms with E-state index in [0.717, 1.165) is 11.3 Å². The number of carbonyl (C=O) groups excluding carboxylic acids is 1. The van der Waals surface area contributed by atoms with Crippen LogP contribution in [0.25, 0.3) is 0 Å². The molecule has 0 bridgehead atoms. The van der Waals surface area contributed by atoms with Gasteiger partial charge < -0.3 is 15.8 Å². The Morgan fingerprint density at radius 2 is 2.31 bits per heavy atom. The maximum atomic E-state index is 10.5. The molecule has 1 unspecified atom stereocenters. The van der Waals surface area contributed by atoms with Gasteiger partial charge in [0.1, 0.15) is 5.75 Å². The third-order valence-electron chi connectivity index (χ3n) is 2.41. The molecule has 0 radical (unpaired) electrons. The maximum absolute atomic E-state index is 10.5. The van der Waals surface area contributed by atoms with Crippen molar-refractivity contribution in [2.24, 2.45) is 5.73 Å². The Labute approximate surface area is 95.8 Å². The van der Waals surface area contributed by atoms with Gasteiger partial charge in [0.2, 0.25) is 5.91 Å². The second-order valence-electron chi connectivity index (χ2n) is 3.65. The Bertz CT molecular complexity index is 353. The summed E-state index contributed by atoms with van der Waals surface area (Å²) >= 11 is 0. The van der Waals surface area contributed by atoms with E-state index in [9.17, 15) is 4.79 Å². The van der Waals surface area contributed by atoms with E-state index in [1.807, 2.05) is 31.3 Å². The van der Waals surface area contributed by atoms with Crippen molar-refractivity contribution in [3.63, 3.8) is 0 Å².